The van der Waals surface area contributed by atoms with Crippen LogP contribution in [0.25, 0.3) is 33.6 Å². The number of likely N-dealkylation sites (tertiary alicyclic amines) is 2. The molecular formula is C41H43N7O5. The minimum absolute atomic E-state index is 0.0499. The van der Waals surface area contributed by atoms with Crippen LogP contribution in [0.1, 0.15) is 73.9 Å². The molecule has 8 rings (SSSR count). The zero-order valence-corrected chi connectivity index (χ0v) is 29.7. The molecule has 0 aliphatic carbocycles. The first-order chi connectivity index (χ1) is 26.0. The molecule has 0 saturated carbocycles. The summed E-state index contributed by atoms with van der Waals surface area (Å²) in [6.07, 6.45) is 7.86. The van der Waals surface area contributed by atoms with Crippen molar-refractivity contribution in [1.82, 2.24) is 35.1 Å². The van der Waals surface area contributed by atoms with E-state index in [0.717, 1.165) is 84.5 Å². The molecule has 3 aliphatic rings. The molecule has 3 amide bonds. The molecule has 3 aliphatic heterocycles. The zero-order chi connectivity index (χ0) is 36.3. The Morgan fingerprint density at radius 1 is 0.736 bits per heavy atom. The van der Waals surface area contributed by atoms with Crippen molar-refractivity contribution in [2.24, 2.45) is 0 Å². The van der Waals surface area contributed by atoms with Crippen LogP contribution in [0, 0.1) is 0 Å². The van der Waals surface area contributed by atoms with E-state index in [1.807, 2.05) is 47.6 Å². The number of amides is 3. The lowest BCUT2D eigenvalue weighted by atomic mass is 10.0. The molecule has 0 bridgehead atoms. The number of ether oxygens (including phenoxy) is 2. The maximum absolute atomic E-state index is 13.9. The van der Waals surface area contributed by atoms with Gasteiger partial charge >= 0.3 is 6.09 Å². The molecule has 12 heteroatoms. The van der Waals surface area contributed by atoms with Crippen LogP contribution < -0.4 is 5.32 Å². The molecule has 2 aromatic heterocycles. The number of alkyl carbamates (subject to hydrolysis) is 1. The van der Waals surface area contributed by atoms with Crippen molar-refractivity contribution in [3.63, 3.8) is 0 Å². The Hall–Kier alpha value is -5.75. The molecule has 3 N–H and O–H groups in total. The van der Waals surface area contributed by atoms with Crippen molar-refractivity contribution in [2.45, 2.75) is 62.8 Å². The van der Waals surface area contributed by atoms with Crippen molar-refractivity contribution >= 4 is 17.9 Å². The minimum Gasteiger partial charge on any atom is -0.453 e. The molecule has 2 unspecified atom stereocenters. The van der Waals surface area contributed by atoms with Crippen LogP contribution in [0.3, 0.4) is 0 Å². The minimum atomic E-state index is -0.867. The Morgan fingerprint density at radius 3 is 1.83 bits per heavy atom. The van der Waals surface area contributed by atoms with E-state index in [2.05, 4.69) is 68.8 Å². The molecule has 3 fully saturated rings. The maximum atomic E-state index is 13.9. The number of benzene rings is 3. The van der Waals surface area contributed by atoms with E-state index in [1.54, 1.807) is 4.90 Å². The van der Waals surface area contributed by atoms with Crippen molar-refractivity contribution in [2.75, 3.05) is 26.8 Å². The van der Waals surface area contributed by atoms with E-state index in [0.29, 0.717) is 24.5 Å². The summed E-state index contributed by atoms with van der Waals surface area (Å²) < 4.78 is 10.5. The van der Waals surface area contributed by atoms with Gasteiger partial charge < -0.3 is 34.6 Å². The number of methoxy groups -OCH3 is 1. The van der Waals surface area contributed by atoms with Crippen molar-refractivity contribution < 1.29 is 23.9 Å². The highest BCUT2D eigenvalue weighted by atomic mass is 16.5. The summed E-state index contributed by atoms with van der Waals surface area (Å²) in [5, 5.41) is 2.71. The lowest BCUT2D eigenvalue weighted by Gasteiger charge is -2.28. The Bertz CT molecular complexity index is 2050. The average molecular weight is 714 g/mol. The number of hydrogen-bond donors (Lipinski definition) is 3. The zero-order valence-electron chi connectivity index (χ0n) is 29.7. The largest absolute Gasteiger partial charge is 0.453 e. The third-order valence-electron chi connectivity index (χ3n) is 10.7. The van der Waals surface area contributed by atoms with Crippen LogP contribution in [-0.2, 0) is 19.1 Å². The second-order valence-corrected chi connectivity index (χ2v) is 13.9. The third-order valence-corrected chi connectivity index (χ3v) is 10.7. The topological polar surface area (TPSA) is 146 Å². The van der Waals surface area contributed by atoms with Crippen LogP contribution in [0.2, 0.25) is 0 Å². The van der Waals surface area contributed by atoms with E-state index < -0.39 is 12.1 Å². The highest BCUT2D eigenvalue weighted by Crippen LogP contribution is 2.36. The summed E-state index contributed by atoms with van der Waals surface area (Å²) in [6.45, 7) is 1.96. The second kappa shape index (κ2) is 15.1. The summed E-state index contributed by atoms with van der Waals surface area (Å²) in [4.78, 5) is 59.2. The summed E-state index contributed by atoms with van der Waals surface area (Å²) in [5.41, 5.74) is 6.65. The first-order valence-corrected chi connectivity index (χ1v) is 18.4. The molecular weight excluding hydrogens is 670 g/mol. The van der Waals surface area contributed by atoms with E-state index in [1.165, 1.54) is 7.11 Å². The van der Waals surface area contributed by atoms with Gasteiger partial charge in [0.25, 0.3) is 11.8 Å². The lowest BCUT2D eigenvalue weighted by Crippen LogP contribution is -2.42. The first kappa shape index (κ1) is 34.3. The maximum Gasteiger partial charge on any atom is 0.407 e. The highest BCUT2D eigenvalue weighted by molar-refractivity contribution is 5.87. The number of carbonyl (C=O) groups excluding carboxylic acids is 3. The van der Waals surface area contributed by atoms with E-state index in [9.17, 15) is 14.4 Å². The fourth-order valence-electron chi connectivity index (χ4n) is 7.85. The fourth-order valence-corrected chi connectivity index (χ4v) is 7.85. The van der Waals surface area contributed by atoms with Gasteiger partial charge in [0.15, 0.2) is 0 Å². The Balaban J connectivity index is 0.929. The monoisotopic (exact) mass is 713 g/mol. The summed E-state index contributed by atoms with van der Waals surface area (Å²) in [6, 6.07) is 24.7. The summed E-state index contributed by atoms with van der Waals surface area (Å²) in [7, 11) is 1.29. The quantitative estimate of drug-likeness (QED) is 0.154. The lowest BCUT2D eigenvalue weighted by molar-refractivity contribution is -0.142. The Morgan fingerprint density at radius 2 is 1.28 bits per heavy atom. The molecule has 4 atom stereocenters. The number of aromatic amines is 2. The van der Waals surface area contributed by atoms with Gasteiger partial charge in [0.2, 0.25) is 0 Å². The predicted molar refractivity (Wildman–Crippen MR) is 198 cm³/mol. The molecule has 12 nitrogen and oxygen atoms in total. The molecule has 0 radical (unpaired) electrons. The second-order valence-electron chi connectivity index (χ2n) is 13.9. The molecule has 5 heterocycles. The van der Waals surface area contributed by atoms with Crippen LogP contribution in [0.15, 0.2) is 91.3 Å². The van der Waals surface area contributed by atoms with Crippen molar-refractivity contribution in [1.29, 1.82) is 0 Å². The van der Waals surface area contributed by atoms with Gasteiger partial charge in [-0.3, -0.25) is 9.59 Å². The Kier molecular flexibility index (Phi) is 9.77. The van der Waals surface area contributed by atoms with Crippen LogP contribution >= 0.6 is 0 Å². The average Bonchev–Trinajstić information content (AvgIpc) is 4.06. The summed E-state index contributed by atoms with van der Waals surface area (Å²) >= 11 is 0. The number of carbonyl (C=O) groups is 3. The van der Waals surface area contributed by atoms with Crippen molar-refractivity contribution in [3.05, 3.63) is 108 Å². The number of imidazole rings is 2. The molecule has 53 heavy (non-hydrogen) atoms. The van der Waals surface area contributed by atoms with Crippen LogP contribution in [-0.4, -0.2) is 80.6 Å². The molecule has 3 aromatic carbocycles. The van der Waals surface area contributed by atoms with Gasteiger partial charge in [-0.25, -0.2) is 14.8 Å². The SMILES string of the molecule is COC(=O)N[C@@H](C(=O)N1CCCC1c1ncc(-c2ccc(-c3ccc(-c4cnc(C5CCCN5C(=O)[C@H]5CCCO5)[nH]4)cc3)cc2)[nH]1)c1ccccc1. The molecule has 5 aromatic rings. The predicted octanol–water partition coefficient (Wildman–Crippen LogP) is 6.74. The van der Waals surface area contributed by atoms with E-state index in [-0.39, 0.29) is 30.0 Å². The first-order valence-electron chi connectivity index (χ1n) is 18.4. The Labute approximate surface area is 307 Å². The van der Waals surface area contributed by atoms with E-state index >= 15 is 0 Å². The van der Waals surface area contributed by atoms with Gasteiger partial charge in [-0.15, -0.1) is 0 Å². The van der Waals surface area contributed by atoms with Crippen LogP contribution in [0.5, 0.6) is 0 Å². The number of rotatable bonds is 9. The van der Waals surface area contributed by atoms with Gasteiger partial charge in [-0.2, -0.15) is 0 Å². The van der Waals surface area contributed by atoms with Crippen LogP contribution in [0.4, 0.5) is 4.79 Å². The number of nitrogens with one attached hydrogen (secondary N) is 3. The standard InChI is InChI=1S/C41H43N7O5/c1-52-41(51)46-36(30-8-3-2-4-9-30)40(50)48-22-6-11-34(48)38-43-25-32(45-38)29-19-15-27(16-20-29)26-13-17-28(18-14-26)31-24-42-37(44-31)33-10-5-21-47(33)39(49)35-12-7-23-53-35/h2-4,8-9,13-20,24-25,33-36H,5-7,10-12,21-23H2,1H3,(H,42,44)(H,43,45)(H,46,51)/t33?,34?,35-,36-/m1/s1. The molecule has 0 spiro atoms. The van der Waals surface area contributed by atoms with Gasteiger partial charge in [-0.1, -0.05) is 78.9 Å². The molecule has 3 saturated heterocycles. The van der Waals surface area contributed by atoms with Gasteiger partial charge in [0, 0.05) is 19.7 Å². The van der Waals surface area contributed by atoms with Gasteiger partial charge in [-0.05, 0) is 66.3 Å². The summed E-state index contributed by atoms with van der Waals surface area (Å²) in [5.74, 6) is 1.42. The number of H-pyrrole nitrogens is 2. The van der Waals surface area contributed by atoms with Crippen molar-refractivity contribution in [3.8, 4) is 33.6 Å². The normalized spacial score (nSPS) is 20.4. The number of hydrogen-bond acceptors (Lipinski definition) is 7. The smallest absolute Gasteiger partial charge is 0.407 e. The van der Waals surface area contributed by atoms with Gasteiger partial charge in [0.05, 0.1) is 43.0 Å². The molecule has 272 valence electrons. The van der Waals surface area contributed by atoms with E-state index in [4.69, 9.17) is 14.5 Å². The fraction of sp³-hybridized carbons (Fsp3) is 0.341. The number of aromatic nitrogens is 4. The third kappa shape index (κ3) is 7.06. The highest BCUT2D eigenvalue weighted by Gasteiger charge is 2.38. The van der Waals surface area contributed by atoms with Gasteiger partial charge in [0.1, 0.15) is 23.8 Å². The number of nitrogens with zero attached hydrogens (tertiary/aromatic N) is 4.